The molecule has 104 valence electrons. The molecule has 1 aliphatic heterocycles. The van der Waals surface area contributed by atoms with Gasteiger partial charge in [0.25, 0.3) is 0 Å². The van der Waals surface area contributed by atoms with Crippen LogP contribution in [-0.2, 0) is 11.2 Å². The van der Waals surface area contributed by atoms with Crippen LogP contribution in [0.2, 0.25) is 0 Å². The number of rotatable bonds is 4. The number of nitrogens with one attached hydrogen (secondary N) is 1. The fraction of sp³-hybridized carbons (Fsp3) is 0.733. The predicted molar refractivity (Wildman–Crippen MR) is 75.4 cm³/mol. The van der Waals surface area contributed by atoms with E-state index in [9.17, 15) is 0 Å². The van der Waals surface area contributed by atoms with Crippen LogP contribution in [0.25, 0.3) is 0 Å². The molecule has 0 amide bonds. The maximum atomic E-state index is 5.44. The van der Waals surface area contributed by atoms with Crippen LogP contribution < -0.4 is 5.32 Å². The van der Waals surface area contributed by atoms with Crippen molar-refractivity contribution in [2.75, 3.05) is 25.6 Å². The summed E-state index contributed by atoms with van der Waals surface area (Å²) in [6.07, 6.45) is 7.35. The molecule has 0 aromatic carbocycles. The number of nitrogens with zero attached hydrogens (tertiary/aromatic N) is 2. The van der Waals surface area contributed by atoms with Gasteiger partial charge in [0.1, 0.15) is 11.6 Å². The third-order valence-corrected chi connectivity index (χ3v) is 4.32. The van der Waals surface area contributed by atoms with Gasteiger partial charge < -0.3 is 10.1 Å². The molecule has 1 aliphatic carbocycles. The number of anilines is 1. The highest BCUT2D eigenvalue weighted by molar-refractivity contribution is 5.36. The topological polar surface area (TPSA) is 47.0 Å². The summed E-state index contributed by atoms with van der Waals surface area (Å²) < 4.78 is 5.44. The summed E-state index contributed by atoms with van der Waals surface area (Å²) in [6, 6.07) is 2.13. The highest BCUT2D eigenvalue weighted by atomic mass is 16.5. The van der Waals surface area contributed by atoms with Crippen LogP contribution in [-0.4, -0.2) is 30.2 Å². The Morgan fingerprint density at radius 1 is 1.26 bits per heavy atom. The van der Waals surface area contributed by atoms with Gasteiger partial charge >= 0.3 is 0 Å². The summed E-state index contributed by atoms with van der Waals surface area (Å²) in [4.78, 5) is 9.43. The van der Waals surface area contributed by atoms with E-state index in [1.54, 1.807) is 0 Å². The van der Waals surface area contributed by atoms with E-state index in [4.69, 9.17) is 9.72 Å². The molecule has 4 nitrogen and oxygen atoms in total. The number of ether oxygens (including phenoxy) is 1. The van der Waals surface area contributed by atoms with Gasteiger partial charge in [0.15, 0.2) is 0 Å². The SMILES string of the molecule is CNc1cc(C2CCCC2)nc(CC2CCOC2)n1. The maximum absolute atomic E-state index is 5.44. The zero-order valence-corrected chi connectivity index (χ0v) is 11.7. The second kappa shape index (κ2) is 5.87. The van der Waals surface area contributed by atoms with Gasteiger partial charge in [0.05, 0.1) is 0 Å². The van der Waals surface area contributed by atoms with E-state index in [1.165, 1.54) is 31.4 Å². The molecule has 1 atom stereocenters. The summed E-state index contributed by atoms with van der Waals surface area (Å²) in [5.41, 5.74) is 1.24. The van der Waals surface area contributed by atoms with Gasteiger partial charge in [-0.1, -0.05) is 12.8 Å². The maximum Gasteiger partial charge on any atom is 0.131 e. The van der Waals surface area contributed by atoms with Crippen molar-refractivity contribution in [3.8, 4) is 0 Å². The summed E-state index contributed by atoms with van der Waals surface area (Å²) in [7, 11) is 1.93. The van der Waals surface area contributed by atoms with Gasteiger partial charge in [-0.3, -0.25) is 0 Å². The van der Waals surface area contributed by atoms with E-state index in [-0.39, 0.29) is 0 Å². The lowest BCUT2D eigenvalue weighted by molar-refractivity contribution is 0.185. The first-order chi connectivity index (χ1) is 9.35. The number of aromatic nitrogens is 2. The summed E-state index contributed by atoms with van der Waals surface area (Å²) in [5.74, 6) is 3.20. The van der Waals surface area contributed by atoms with E-state index in [0.717, 1.165) is 37.7 Å². The van der Waals surface area contributed by atoms with Crippen LogP contribution in [0.4, 0.5) is 5.82 Å². The van der Waals surface area contributed by atoms with Crippen molar-refractivity contribution in [3.05, 3.63) is 17.6 Å². The molecule has 1 N–H and O–H groups in total. The summed E-state index contributed by atoms with van der Waals surface area (Å²) in [5, 5.41) is 3.17. The minimum absolute atomic E-state index is 0.600. The minimum Gasteiger partial charge on any atom is -0.381 e. The zero-order valence-electron chi connectivity index (χ0n) is 11.7. The van der Waals surface area contributed by atoms with E-state index >= 15 is 0 Å². The Morgan fingerprint density at radius 3 is 2.79 bits per heavy atom. The average molecular weight is 261 g/mol. The van der Waals surface area contributed by atoms with Crippen molar-refractivity contribution in [2.45, 2.75) is 44.4 Å². The molecule has 2 heterocycles. The lowest BCUT2D eigenvalue weighted by atomic mass is 10.0. The van der Waals surface area contributed by atoms with Crippen LogP contribution in [0.15, 0.2) is 6.07 Å². The molecule has 1 unspecified atom stereocenters. The Balaban J connectivity index is 1.79. The highest BCUT2D eigenvalue weighted by Gasteiger charge is 2.22. The second-order valence-corrected chi connectivity index (χ2v) is 5.76. The molecule has 4 heteroatoms. The monoisotopic (exact) mass is 261 g/mol. The predicted octanol–water partition coefficient (Wildman–Crippen LogP) is 2.75. The fourth-order valence-electron chi connectivity index (χ4n) is 3.17. The molecule has 0 spiro atoms. The number of hydrogen-bond acceptors (Lipinski definition) is 4. The normalized spacial score (nSPS) is 23.9. The van der Waals surface area contributed by atoms with E-state index in [2.05, 4.69) is 16.4 Å². The third kappa shape index (κ3) is 3.06. The molecule has 0 bridgehead atoms. The molecule has 1 saturated heterocycles. The van der Waals surface area contributed by atoms with E-state index < -0.39 is 0 Å². The van der Waals surface area contributed by atoms with Crippen LogP contribution >= 0.6 is 0 Å². The van der Waals surface area contributed by atoms with Gasteiger partial charge in [0.2, 0.25) is 0 Å². The Bertz CT molecular complexity index is 423. The Kier molecular flexibility index (Phi) is 3.97. The molecule has 1 aromatic heterocycles. The van der Waals surface area contributed by atoms with Crippen molar-refractivity contribution in [1.82, 2.24) is 9.97 Å². The molecule has 2 aliphatic rings. The Labute approximate surface area is 115 Å². The lowest BCUT2D eigenvalue weighted by Gasteiger charge is -2.13. The largest absolute Gasteiger partial charge is 0.381 e. The van der Waals surface area contributed by atoms with Crippen LogP contribution in [0, 0.1) is 5.92 Å². The second-order valence-electron chi connectivity index (χ2n) is 5.76. The highest BCUT2D eigenvalue weighted by Crippen LogP contribution is 2.34. The average Bonchev–Trinajstić information content (AvgIpc) is 3.11. The van der Waals surface area contributed by atoms with Gasteiger partial charge in [-0.2, -0.15) is 0 Å². The van der Waals surface area contributed by atoms with Crippen LogP contribution in [0.5, 0.6) is 0 Å². The zero-order chi connectivity index (χ0) is 13.1. The molecule has 19 heavy (non-hydrogen) atoms. The van der Waals surface area contributed by atoms with Gasteiger partial charge in [-0.25, -0.2) is 9.97 Å². The van der Waals surface area contributed by atoms with E-state index in [1.807, 2.05) is 7.05 Å². The lowest BCUT2D eigenvalue weighted by Crippen LogP contribution is -2.11. The Morgan fingerprint density at radius 2 is 2.11 bits per heavy atom. The molecule has 1 aromatic rings. The Hall–Kier alpha value is -1.16. The fourth-order valence-corrected chi connectivity index (χ4v) is 3.17. The van der Waals surface area contributed by atoms with Crippen molar-refractivity contribution < 1.29 is 4.74 Å². The van der Waals surface area contributed by atoms with Crippen molar-refractivity contribution >= 4 is 5.82 Å². The molecule has 1 saturated carbocycles. The van der Waals surface area contributed by atoms with E-state index in [0.29, 0.717) is 11.8 Å². The first kappa shape index (κ1) is 12.9. The number of hydrogen-bond donors (Lipinski definition) is 1. The van der Waals surface area contributed by atoms with Crippen molar-refractivity contribution in [2.24, 2.45) is 5.92 Å². The van der Waals surface area contributed by atoms with Crippen molar-refractivity contribution in [1.29, 1.82) is 0 Å². The summed E-state index contributed by atoms with van der Waals surface area (Å²) in [6.45, 7) is 1.76. The minimum atomic E-state index is 0.600. The molecular weight excluding hydrogens is 238 g/mol. The van der Waals surface area contributed by atoms with Crippen LogP contribution in [0.1, 0.15) is 49.5 Å². The first-order valence-corrected chi connectivity index (χ1v) is 7.48. The molecular formula is C15H23N3O. The van der Waals surface area contributed by atoms with Gasteiger partial charge in [0, 0.05) is 44.4 Å². The quantitative estimate of drug-likeness (QED) is 0.905. The standard InChI is InChI=1S/C15H23N3O/c1-16-14-9-13(12-4-2-3-5-12)17-15(18-14)8-11-6-7-19-10-11/h9,11-12H,2-8,10H2,1H3,(H,16,17,18). The molecule has 0 radical (unpaired) electrons. The van der Waals surface area contributed by atoms with Gasteiger partial charge in [-0.15, -0.1) is 0 Å². The first-order valence-electron chi connectivity index (χ1n) is 7.48. The smallest absolute Gasteiger partial charge is 0.131 e. The van der Waals surface area contributed by atoms with Crippen molar-refractivity contribution in [3.63, 3.8) is 0 Å². The summed E-state index contributed by atoms with van der Waals surface area (Å²) >= 11 is 0. The van der Waals surface area contributed by atoms with Gasteiger partial charge in [-0.05, 0) is 25.2 Å². The molecule has 2 fully saturated rings. The molecule has 3 rings (SSSR count). The van der Waals surface area contributed by atoms with Crippen LogP contribution in [0.3, 0.4) is 0 Å². The third-order valence-electron chi connectivity index (χ3n) is 4.32.